The second kappa shape index (κ2) is 10.5. The van der Waals surface area contributed by atoms with Crippen LogP contribution in [0.4, 0.5) is 17.6 Å². The number of benzene rings is 1. The highest BCUT2D eigenvalue weighted by Gasteiger charge is 2.41. The SMILES string of the molecule is O=C(O)[C@H]1CCCN(C[C@H](O)c2ccc(-c3noc(-c4cnn(-c5ccc(F)cn5)c4C(F)(F)F)n3)cc2)C1. The average molecular weight is 546 g/mol. The van der Waals surface area contributed by atoms with Crippen molar-refractivity contribution < 1.29 is 37.1 Å². The second-order valence-electron chi connectivity index (χ2n) is 9.15. The number of carboxylic acid groups (broad SMARTS) is 1. The van der Waals surface area contributed by atoms with Gasteiger partial charge in [0, 0.05) is 18.7 Å². The molecule has 1 aromatic carbocycles. The van der Waals surface area contributed by atoms with E-state index in [2.05, 4.69) is 20.2 Å². The highest BCUT2D eigenvalue weighted by atomic mass is 19.4. The number of piperidine rings is 1. The number of pyridine rings is 1. The van der Waals surface area contributed by atoms with Crippen molar-refractivity contribution in [3.05, 3.63) is 65.9 Å². The lowest BCUT2D eigenvalue weighted by molar-refractivity contribution is -0.144. The number of halogens is 4. The Hall–Kier alpha value is -4.17. The first-order valence-corrected chi connectivity index (χ1v) is 11.9. The molecule has 2 N–H and O–H groups in total. The molecule has 0 saturated carbocycles. The summed E-state index contributed by atoms with van der Waals surface area (Å²) in [6, 6.07) is 8.49. The fourth-order valence-corrected chi connectivity index (χ4v) is 4.52. The molecule has 4 aromatic rings. The molecule has 0 spiro atoms. The van der Waals surface area contributed by atoms with Gasteiger partial charge in [-0.1, -0.05) is 29.4 Å². The lowest BCUT2D eigenvalue weighted by Gasteiger charge is -2.32. The Balaban J connectivity index is 1.34. The van der Waals surface area contributed by atoms with E-state index in [0.717, 1.165) is 30.9 Å². The van der Waals surface area contributed by atoms with Gasteiger partial charge in [0.2, 0.25) is 5.82 Å². The third kappa shape index (κ3) is 5.66. The van der Waals surface area contributed by atoms with Crippen LogP contribution in [0.3, 0.4) is 0 Å². The predicted octanol–water partition coefficient (Wildman–Crippen LogP) is 3.97. The van der Waals surface area contributed by atoms with Gasteiger partial charge >= 0.3 is 12.1 Å². The molecule has 1 aliphatic rings. The van der Waals surface area contributed by atoms with Gasteiger partial charge in [-0.2, -0.15) is 23.3 Å². The second-order valence-corrected chi connectivity index (χ2v) is 9.15. The number of aliphatic carboxylic acids is 1. The standard InChI is InChI=1S/C25H22F4N6O4/c26-17-7-8-20(30-10-17)35-21(25(27,28)29)18(11-31-35)23-32-22(33-39-23)15-5-3-14(4-6-15)19(36)13-34-9-1-2-16(12-34)24(37)38/h3-8,10-11,16,19,36H,1-2,9,12-13H2,(H,37,38)/t16-,19-/m0/s1. The molecule has 0 aliphatic carbocycles. The highest BCUT2D eigenvalue weighted by Crippen LogP contribution is 2.38. The molecule has 0 bridgehead atoms. The minimum Gasteiger partial charge on any atom is -0.481 e. The lowest BCUT2D eigenvalue weighted by atomic mass is 9.97. The first-order valence-electron chi connectivity index (χ1n) is 11.9. The quantitative estimate of drug-likeness (QED) is 0.331. The number of rotatable bonds is 7. The number of carbonyl (C=O) groups is 1. The molecular formula is C25H22F4N6O4. The Morgan fingerprint density at radius 3 is 2.59 bits per heavy atom. The Morgan fingerprint density at radius 1 is 1.15 bits per heavy atom. The molecule has 1 fully saturated rings. The van der Waals surface area contributed by atoms with Gasteiger partial charge in [-0.25, -0.2) is 14.1 Å². The number of alkyl halides is 3. The Labute approximate surface area is 218 Å². The Bertz CT molecular complexity index is 1450. The minimum atomic E-state index is -4.87. The minimum absolute atomic E-state index is 0.0205. The number of aromatic nitrogens is 5. The van der Waals surface area contributed by atoms with Crippen LogP contribution in [0.2, 0.25) is 0 Å². The van der Waals surface area contributed by atoms with Gasteiger partial charge in [0.1, 0.15) is 5.82 Å². The highest BCUT2D eigenvalue weighted by molar-refractivity contribution is 5.70. The summed E-state index contributed by atoms with van der Waals surface area (Å²) in [5, 5.41) is 27.4. The number of aliphatic hydroxyl groups excluding tert-OH is 1. The number of β-amino-alcohol motifs (C(OH)–C–C–N with tert-alkyl or cyclic N) is 1. The van der Waals surface area contributed by atoms with Crippen molar-refractivity contribution in [2.45, 2.75) is 25.1 Å². The van der Waals surface area contributed by atoms with Crippen molar-refractivity contribution in [3.63, 3.8) is 0 Å². The van der Waals surface area contributed by atoms with Crippen LogP contribution in [0.25, 0.3) is 28.7 Å². The third-order valence-electron chi connectivity index (χ3n) is 6.46. The van der Waals surface area contributed by atoms with Gasteiger partial charge in [0.05, 0.1) is 30.0 Å². The van der Waals surface area contributed by atoms with E-state index < -0.39 is 47.1 Å². The maximum absolute atomic E-state index is 14.0. The zero-order chi connectivity index (χ0) is 27.7. The summed E-state index contributed by atoms with van der Waals surface area (Å²) in [7, 11) is 0. The van der Waals surface area contributed by atoms with Crippen LogP contribution in [0.5, 0.6) is 0 Å². The molecule has 4 heterocycles. The molecule has 0 amide bonds. The van der Waals surface area contributed by atoms with Crippen LogP contribution >= 0.6 is 0 Å². The summed E-state index contributed by atoms with van der Waals surface area (Å²) >= 11 is 0. The topological polar surface area (TPSA) is 130 Å². The molecule has 1 saturated heterocycles. The molecule has 14 heteroatoms. The van der Waals surface area contributed by atoms with Gasteiger partial charge in [-0.05, 0) is 37.1 Å². The van der Waals surface area contributed by atoms with E-state index in [1.807, 2.05) is 4.90 Å². The summed E-state index contributed by atoms with van der Waals surface area (Å²) in [5.74, 6) is -2.66. The van der Waals surface area contributed by atoms with Crippen LogP contribution in [-0.2, 0) is 11.0 Å². The summed E-state index contributed by atoms with van der Waals surface area (Å²) < 4.78 is 60.7. The third-order valence-corrected chi connectivity index (χ3v) is 6.46. The lowest BCUT2D eigenvalue weighted by Crippen LogP contribution is -2.40. The van der Waals surface area contributed by atoms with E-state index in [-0.39, 0.29) is 18.2 Å². The van der Waals surface area contributed by atoms with Crippen LogP contribution in [0.15, 0.2) is 53.3 Å². The number of aliphatic hydroxyl groups is 1. The Morgan fingerprint density at radius 2 is 1.92 bits per heavy atom. The molecule has 0 radical (unpaired) electrons. The van der Waals surface area contributed by atoms with Crippen molar-refractivity contribution in [1.29, 1.82) is 0 Å². The molecule has 10 nitrogen and oxygen atoms in total. The van der Waals surface area contributed by atoms with Crippen molar-refractivity contribution >= 4 is 5.97 Å². The largest absolute Gasteiger partial charge is 0.481 e. The number of carboxylic acids is 1. The summed E-state index contributed by atoms with van der Waals surface area (Å²) in [5.41, 5.74) is -0.669. The summed E-state index contributed by atoms with van der Waals surface area (Å²) in [6.45, 7) is 1.32. The van der Waals surface area contributed by atoms with E-state index in [4.69, 9.17) is 4.52 Å². The predicted molar refractivity (Wildman–Crippen MR) is 127 cm³/mol. The van der Waals surface area contributed by atoms with Crippen LogP contribution in [-0.4, -0.2) is 65.6 Å². The zero-order valence-corrected chi connectivity index (χ0v) is 20.2. The number of likely N-dealkylation sites (tertiary alicyclic amines) is 1. The van der Waals surface area contributed by atoms with Gasteiger partial charge in [-0.15, -0.1) is 0 Å². The smallest absolute Gasteiger partial charge is 0.434 e. The van der Waals surface area contributed by atoms with Crippen molar-refractivity contribution in [2.75, 3.05) is 19.6 Å². The molecular weight excluding hydrogens is 524 g/mol. The van der Waals surface area contributed by atoms with Crippen LogP contribution in [0.1, 0.15) is 30.2 Å². The van der Waals surface area contributed by atoms with Gasteiger partial charge in [0.15, 0.2) is 11.5 Å². The van der Waals surface area contributed by atoms with Crippen LogP contribution in [0, 0.1) is 11.7 Å². The molecule has 5 rings (SSSR count). The molecule has 1 aliphatic heterocycles. The first-order chi connectivity index (χ1) is 18.6. The fourth-order valence-electron chi connectivity index (χ4n) is 4.52. The van der Waals surface area contributed by atoms with Gasteiger partial charge < -0.3 is 14.7 Å². The molecule has 2 atom stereocenters. The van der Waals surface area contributed by atoms with E-state index in [9.17, 15) is 32.6 Å². The first kappa shape index (κ1) is 26.4. The van der Waals surface area contributed by atoms with Crippen molar-refractivity contribution in [2.24, 2.45) is 5.92 Å². The molecule has 204 valence electrons. The maximum Gasteiger partial charge on any atom is 0.434 e. The molecule has 3 aromatic heterocycles. The summed E-state index contributed by atoms with van der Waals surface area (Å²) in [6.07, 6.45) is -2.70. The maximum atomic E-state index is 14.0. The molecule has 0 unspecified atom stereocenters. The number of hydrogen-bond acceptors (Lipinski definition) is 8. The van der Waals surface area contributed by atoms with Crippen molar-refractivity contribution in [3.8, 4) is 28.7 Å². The van der Waals surface area contributed by atoms with Crippen molar-refractivity contribution in [1.82, 2.24) is 29.8 Å². The number of nitrogens with zero attached hydrogens (tertiary/aromatic N) is 6. The van der Waals surface area contributed by atoms with Gasteiger partial charge in [0.25, 0.3) is 5.89 Å². The summed E-state index contributed by atoms with van der Waals surface area (Å²) in [4.78, 5) is 21.0. The van der Waals surface area contributed by atoms with E-state index in [0.29, 0.717) is 35.3 Å². The Kier molecular flexibility index (Phi) is 7.14. The monoisotopic (exact) mass is 546 g/mol. The zero-order valence-electron chi connectivity index (χ0n) is 20.2. The fraction of sp³-hybridized carbons (Fsp3) is 0.320. The van der Waals surface area contributed by atoms with Gasteiger partial charge in [-0.3, -0.25) is 9.69 Å². The van der Waals surface area contributed by atoms with E-state index in [1.54, 1.807) is 24.3 Å². The number of hydrogen-bond donors (Lipinski definition) is 2. The van der Waals surface area contributed by atoms with E-state index in [1.165, 1.54) is 0 Å². The van der Waals surface area contributed by atoms with Crippen LogP contribution < -0.4 is 0 Å². The molecule has 39 heavy (non-hydrogen) atoms. The van der Waals surface area contributed by atoms with E-state index >= 15 is 0 Å². The average Bonchev–Trinajstić information content (AvgIpc) is 3.57. The normalized spacial score (nSPS) is 17.3.